The molecule has 0 spiro atoms. The molecule has 0 atom stereocenters. The normalized spacial score (nSPS) is 8.15. The third kappa shape index (κ3) is 5.26. The third-order valence-corrected chi connectivity index (χ3v) is 2.02. The fourth-order valence-electron chi connectivity index (χ4n) is 0.697. The Hall–Kier alpha value is -0.0966. The fourth-order valence-corrected chi connectivity index (χ4v) is 0.969. The Morgan fingerprint density at radius 3 is 1.69 bits per heavy atom. The van der Waals surface area contributed by atoms with Gasteiger partial charge in [-0.25, -0.2) is 6.07 Å². The molecule has 0 saturated carbocycles. The zero-order valence-corrected chi connectivity index (χ0v) is 9.98. The van der Waals surface area contributed by atoms with Crippen LogP contribution in [0.1, 0.15) is 0 Å². The molecule has 0 aliphatic heterocycles. The molecule has 3 heteroatoms. The first-order valence-electron chi connectivity index (χ1n) is 3.54. The van der Waals surface area contributed by atoms with Gasteiger partial charge in [0, 0.05) is 19.5 Å². The fraction of sp³-hybridized carbons (Fsp3) is 0. The molecule has 76 valence electrons. The summed E-state index contributed by atoms with van der Waals surface area (Å²) in [6.45, 7) is 0. The van der Waals surface area contributed by atoms with E-state index < -0.39 is 0 Å². The van der Waals surface area contributed by atoms with Crippen LogP contribution in [-0.2, 0) is 19.5 Å². The van der Waals surface area contributed by atoms with Crippen molar-refractivity contribution in [1.82, 2.24) is 0 Å². The van der Waals surface area contributed by atoms with Crippen LogP contribution in [0.15, 0.2) is 48.5 Å². The van der Waals surface area contributed by atoms with Gasteiger partial charge in [0.15, 0.2) is 0 Å². The van der Waals surface area contributed by atoms with Crippen molar-refractivity contribution >= 4 is 23.2 Å². The van der Waals surface area contributed by atoms with E-state index in [9.17, 15) is 0 Å². The zero-order chi connectivity index (χ0) is 8.81. The maximum absolute atomic E-state index is 5.49. The molecule has 0 amide bonds. The average molecular weight is 300 g/mol. The van der Waals surface area contributed by atoms with E-state index in [0.29, 0.717) is 10.0 Å². The molecule has 0 aliphatic rings. The quantitative estimate of drug-likeness (QED) is 0.507. The molecule has 0 heterocycles. The maximum atomic E-state index is 5.49. The second-order valence-electron chi connectivity index (χ2n) is 2.18. The van der Waals surface area contributed by atoms with Crippen molar-refractivity contribution in [3.63, 3.8) is 0 Å². The number of halogens is 2. The summed E-state index contributed by atoms with van der Waals surface area (Å²) >= 11 is 11.0. The van der Waals surface area contributed by atoms with Crippen molar-refractivity contribution in [2.45, 2.75) is 0 Å². The second kappa shape index (κ2) is 7.32. The number of rotatable bonds is 0. The molecule has 0 fully saturated rings. The van der Waals surface area contributed by atoms with Gasteiger partial charge in [-0.1, -0.05) is 10.0 Å². The summed E-state index contributed by atoms with van der Waals surface area (Å²) in [7, 11) is 0. The van der Waals surface area contributed by atoms with E-state index in [0.717, 1.165) is 0 Å². The summed E-state index contributed by atoms with van der Waals surface area (Å²) in [4.78, 5) is 0. The molecular formula is C10H8Cl2Ru-6. The molecule has 2 rings (SSSR count). The average Bonchev–Trinajstić information content (AvgIpc) is 2.67. The topological polar surface area (TPSA) is 0 Å². The Balaban J connectivity index is 0.000000215. The van der Waals surface area contributed by atoms with Crippen LogP contribution in [0.25, 0.3) is 0 Å². The van der Waals surface area contributed by atoms with E-state index in [1.54, 1.807) is 12.1 Å². The summed E-state index contributed by atoms with van der Waals surface area (Å²) in [5.74, 6) is 0. The molecule has 0 bridgehead atoms. The van der Waals surface area contributed by atoms with Crippen molar-refractivity contribution in [2.24, 2.45) is 0 Å². The van der Waals surface area contributed by atoms with Crippen LogP contribution >= 0.6 is 23.2 Å². The van der Waals surface area contributed by atoms with Crippen LogP contribution in [0.3, 0.4) is 0 Å². The van der Waals surface area contributed by atoms with E-state index in [2.05, 4.69) is 0 Å². The SMILES string of the molecule is Clc1ccc[c-]1Cl.[Ru].[cH-]1[cH-][cH-][cH-][cH-]1. The van der Waals surface area contributed by atoms with E-state index in [1.807, 2.05) is 36.4 Å². The van der Waals surface area contributed by atoms with Crippen LogP contribution in [-0.4, -0.2) is 0 Å². The summed E-state index contributed by atoms with van der Waals surface area (Å²) in [6, 6.07) is 15.3. The van der Waals surface area contributed by atoms with Gasteiger partial charge < -0.3 is 30.3 Å². The van der Waals surface area contributed by atoms with Gasteiger partial charge in [-0.15, -0.1) is 11.6 Å². The molecule has 0 aromatic heterocycles. The number of hydrogen-bond acceptors (Lipinski definition) is 0. The molecular weight excluding hydrogens is 292 g/mol. The monoisotopic (exact) mass is 300 g/mol. The molecule has 0 aliphatic carbocycles. The van der Waals surface area contributed by atoms with E-state index in [-0.39, 0.29) is 19.5 Å². The van der Waals surface area contributed by atoms with Gasteiger partial charge in [-0.05, 0) is 0 Å². The number of hydrogen-bond donors (Lipinski definition) is 0. The standard InChI is InChI=1S/C5H3Cl2.C5H5.Ru/c6-4-2-1-3-5(4)7;1-2-4-5-3-1;/h1-3H;1-5H;/q-1;-5;. The van der Waals surface area contributed by atoms with Gasteiger partial charge in [0.1, 0.15) is 0 Å². The van der Waals surface area contributed by atoms with Crippen molar-refractivity contribution in [3.05, 3.63) is 58.6 Å². The summed E-state index contributed by atoms with van der Waals surface area (Å²) in [6.07, 6.45) is 0. The Bertz CT molecular complexity index is 265. The minimum absolute atomic E-state index is 0. The molecule has 0 nitrogen and oxygen atoms in total. The Kier molecular flexibility index (Phi) is 7.27. The van der Waals surface area contributed by atoms with Gasteiger partial charge in [-0.3, -0.25) is 0 Å². The van der Waals surface area contributed by atoms with E-state index >= 15 is 0 Å². The zero-order valence-electron chi connectivity index (χ0n) is 6.73. The minimum Gasteiger partial charge on any atom is -0.748 e. The van der Waals surface area contributed by atoms with Crippen molar-refractivity contribution < 1.29 is 19.5 Å². The van der Waals surface area contributed by atoms with Crippen LogP contribution in [0.4, 0.5) is 0 Å². The third-order valence-electron chi connectivity index (χ3n) is 1.27. The first-order chi connectivity index (χ1) is 5.80. The predicted octanol–water partition coefficient (Wildman–Crippen LogP) is 4.12. The van der Waals surface area contributed by atoms with E-state index in [1.165, 1.54) is 0 Å². The predicted molar refractivity (Wildman–Crippen MR) is 54.1 cm³/mol. The molecule has 0 unspecified atom stereocenters. The van der Waals surface area contributed by atoms with Crippen molar-refractivity contribution in [3.8, 4) is 0 Å². The molecule has 0 N–H and O–H groups in total. The van der Waals surface area contributed by atoms with Gasteiger partial charge in [0.25, 0.3) is 0 Å². The largest absolute Gasteiger partial charge is 0.748 e. The van der Waals surface area contributed by atoms with Gasteiger partial charge in [0.2, 0.25) is 0 Å². The summed E-state index contributed by atoms with van der Waals surface area (Å²) in [5, 5.41) is 1.25. The van der Waals surface area contributed by atoms with Gasteiger partial charge in [0.05, 0.1) is 0 Å². The van der Waals surface area contributed by atoms with Crippen LogP contribution in [0.5, 0.6) is 0 Å². The first-order valence-corrected chi connectivity index (χ1v) is 4.29. The smallest absolute Gasteiger partial charge is 0 e. The molecule has 2 aromatic carbocycles. The van der Waals surface area contributed by atoms with Gasteiger partial charge in [-0.2, -0.15) is 23.7 Å². The van der Waals surface area contributed by atoms with Crippen LogP contribution in [0, 0.1) is 0 Å². The summed E-state index contributed by atoms with van der Waals surface area (Å²) in [5.41, 5.74) is 0. The maximum Gasteiger partial charge on any atom is 0 e. The van der Waals surface area contributed by atoms with Crippen molar-refractivity contribution in [2.75, 3.05) is 0 Å². The molecule has 0 saturated heterocycles. The molecule has 13 heavy (non-hydrogen) atoms. The van der Waals surface area contributed by atoms with Crippen LogP contribution < -0.4 is 0 Å². The molecule has 2 aromatic rings. The Morgan fingerprint density at radius 1 is 1.08 bits per heavy atom. The Morgan fingerprint density at radius 2 is 1.54 bits per heavy atom. The van der Waals surface area contributed by atoms with E-state index in [4.69, 9.17) is 23.2 Å². The molecule has 0 radical (unpaired) electrons. The van der Waals surface area contributed by atoms with Gasteiger partial charge >= 0.3 is 0 Å². The minimum atomic E-state index is 0. The second-order valence-corrected chi connectivity index (χ2v) is 3.00. The van der Waals surface area contributed by atoms with Crippen LogP contribution in [0.2, 0.25) is 10.0 Å². The summed E-state index contributed by atoms with van der Waals surface area (Å²) < 4.78 is 0. The van der Waals surface area contributed by atoms with Crippen molar-refractivity contribution in [1.29, 1.82) is 0 Å². The first kappa shape index (κ1) is 12.9. The Labute approximate surface area is 101 Å².